The molecule has 5 aromatic rings. The third kappa shape index (κ3) is 6.41. The Morgan fingerprint density at radius 2 is 1.58 bits per heavy atom. The molecule has 12 heteroatoms. The number of hydrogen-bond donors (Lipinski definition) is 2. The summed E-state index contributed by atoms with van der Waals surface area (Å²) >= 11 is 0. The minimum Gasteiger partial charge on any atom is -0.457 e. The van der Waals surface area contributed by atoms with Gasteiger partial charge in [0.1, 0.15) is 6.61 Å². The van der Waals surface area contributed by atoms with Crippen LogP contribution in [0.1, 0.15) is 29.7 Å². The Kier molecular flexibility index (Phi) is 8.29. The largest absolute Gasteiger partial charge is 0.457 e. The first kappa shape index (κ1) is 28.8. The van der Waals surface area contributed by atoms with Crippen molar-refractivity contribution >= 4 is 17.7 Å². The fraction of sp³-hybridized carbons (Fsp3) is 0.121. The Morgan fingerprint density at radius 3 is 2.24 bits per heavy atom. The summed E-state index contributed by atoms with van der Waals surface area (Å²) in [5, 5.41) is 20.6. The number of rotatable bonds is 9. The first-order valence-electron chi connectivity index (χ1n) is 14.1. The van der Waals surface area contributed by atoms with E-state index < -0.39 is 12.0 Å². The van der Waals surface area contributed by atoms with Gasteiger partial charge in [-0.3, -0.25) is 4.90 Å². The number of ether oxygens (including phenoxy) is 1. The van der Waals surface area contributed by atoms with Gasteiger partial charge in [0.05, 0.1) is 18.2 Å². The van der Waals surface area contributed by atoms with Crippen LogP contribution in [-0.4, -0.2) is 37.5 Å². The zero-order valence-corrected chi connectivity index (χ0v) is 24.2. The van der Waals surface area contributed by atoms with Gasteiger partial charge in [0.2, 0.25) is 5.82 Å². The normalized spacial score (nSPS) is 14.5. The van der Waals surface area contributed by atoms with Crippen LogP contribution in [0.5, 0.6) is 0 Å². The zero-order valence-electron chi connectivity index (χ0n) is 24.2. The number of nitrogens with one attached hydrogen (secondary N) is 2. The van der Waals surface area contributed by atoms with E-state index in [2.05, 4.69) is 36.0 Å². The smallest absolute Gasteiger partial charge is 0.338 e. The Labute approximate surface area is 258 Å². The quantitative estimate of drug-likeness (QED) is 0.0825. The number of esters is 1. The van der Waals surface area contributed by atoms with Gasteiger partial charge in [0.15, 0.2) is 0 Å². The van der Waals surface area contributed by atoms with Gasteiger partial charge in [-0.05, 0) is 45.5 Å². The van der Waals surface area contributed by atoms with Gasteiger partial charge >= 0.3 is 12.0 Å². The van der Waals surface area contributed by atoms with Crippen LogP contribution in [0, 0.1) is 0 Å². The van der Waals surface area contributed by atoms with Crippen LogP contribution in [0.4, 0.5) is 10.5 Å². The molecule has 1 aliphatic heterocycles. The van der Waals surface area contributed by atoms with Crippen molar-refractivity contribution in [1.82, 2.24) is 30.8 Å². The Morgan fingerprint density at radius 1 is 0.911 bits per heavy atom. The molecule has 0 saturated heterocycles. The number of amides is 2. The van der Waals surface area contributed by atoms with Gasteiger partial charge in [-0.1, -0.05) is 108 Å². The number of urea groups is 1. The van der Waals surface area contributed by atoms with E-state index in [-0.39, 0.29) is 19.2 Å². The van der Waals surface area contributed by atoms with Crippen molar-refractivity contribution in [1.29, 1.82) is 0 Å². The van der Waals surface area contributed by atoms with Crippen LogP contribution in [0.2, 0.25) is 0 Å². The van der Waals surface area contributed by atoms with Gasteiger partial charge in [0, 0.05) is 21.9 Å². The average molecular weight is 598 g/mol. The van der Waals surface area contributed by atoms with E-state index >= 15 is 0 Å². The van der Waals surface area contributed by atoms with Crippen LogP contribution in [0.15, 0.2) is 120 Å². The van der Waals surface area contributed by atoms with Gasteiger partial charge < -0.3 is 10.1 Å². The van der Waals surface area contributed by atoms with Crippen LogP contribution in [0.25, 0.3) is 33.0 Å². The number of hydrogen-bond acceptors (Lipinski definition) is 7. The van der Waals surface area contributed by atoms with Crippen LogP contribution in [-0.2, 0) is 22.7 Å². The van der Waals surface area contributed by atoms with E-state index in [0.29, 0.717) is 22.8 Å². The maximum absolute atomic E-state index is 13.8. The van der Waals surface area contributed by atoms with Crippen molar-refractivity contribution in [3.8, 4) is 22.5 Å². The number of tetrazole rings is 1. The SMILES string of the molecule is CC1=C(C(=O)OCc2ccc(N=[N+]=[N-])cc2)C(c2ccc(-c3ccccc3)cc2)NC(=O)N1Cc1ccc(-c2nn[nH]n2)cc1. The van der Waals surface area contributed by atoms with Gasteiger partial charge in [-0.2, -0.15) is 5.21 Å². The summed E-state index contributed by atoms with van der Waals surface area (Å²) in [6.07, 6.45) is 0. The third-order valence-electron chi connectivity index (χ3n) is 7.53. The number of aromatic nitrogens is 4. The molecule has 2 N–H and O–H groups in total. The van der Waals surface area contributed by atoms with E-state index in [1.54, 1.807) is 31.2 Å². The molecule has 1 unspecified atom stereocenters. The highest BCUT2D eigenvalue weighted by Crippen LogP contribution is 2.34. The van der Waals surface area contributed by atoms with Crippen LogP contribution in [0.3, 0.4) is 0 Å². The van der Waals surface area contributed by atoms with Gasteiger partial charge in [-0.15, -0.1) is 10.2 Å². The molecule has 1 aromatic heterocycles. The van der Waals surface area contributed by atoms with E-state index in [4.69, 9.17) is 10.3 Å². The Bertz CT molecular complexity index is 1880. The van der Waals surface area contributed by atoms with Crippen molar-refractivity contribution in [2.24, 2.45) is 5.11 Å². The first-order valence-corrected chi connectivity index (χ1v) is 14.1. The second-order valence-electron chi connectivity index (χ2n) is 10.3. The molecule has 45 heavy (non-hydrogen) atoms. The first-order chi connectivity index (χ1) is 22.0. The van der Waals surface area contributed by atoms with E-state index in [0.717, 1.165) is 33.4 Å². The van der Waals surface area contributed by atoms with Crippen molar-refractivity contribution < 1.29 is 14.3 Å². The molecule has 1 aliphatic rings. The summed E-state index contributed by atoms with van der Waals surface area (Å²) < 4.78 is 5.77. The lowest BCUT2D eigenvalue weighted by molar-refractivity contribution is -0.141. The monoisotopic (exact) mass is 597 g/mol. The average Bonchev–Trinajstić information content (AvgIpc) is 3.62. The predicted molar refractivity (Wildman–Crippen MR) is 166 cm³/mol. The minimum absolute atomic E-state index is 0.00266. The van der Waals surface area contributed by atoms with Crippen LogP contribution >= 0.6 is 0 Å². The van der Waals surface area contributed by atoms with Crippen molar-refractivity contribution in [3.05, 3.63) is 142 Å². The molecule has 1 atom stereocenters. The van der Waals surface area contributed by atoms with Crippen LogP contribution < -0.4 is 5.32 Å². The summed E-state index contributed by atoms with van der Waals surface area (Å²) in [5.74, 6) is -0.0897. The number of azide groups is 1. The third-order valence-corrected chi connectivity index (χ3v) is 7.53. The summed E-state index contributed by atoms with van der Waals surface area (Å²) in [7, 11) is 0. The molecule has 0 aliphatic carbocycles. The zero-order chi connectivity index (χ0) is 31.2. The lowest BCUT2D eigenvalue weighted by Crippen LogP contribution is -2.47. The number of carbonyl (C=O) groups is 2. The van der Waals surface area contributed by atoms with E-state index in [1.807, 2.05) is 78.9 Å². The van der Waals surface area contributed by atoms with Crippen molar-refractivity contribution in [2.75, 3.05) is 0 Å². The fourth-order valence-electron chi connectivity index (χ4n) is 5.15. The summed E-state index contributed by atoms with van der Waals surface area (Å²) in [6.45, 7) is 1.97. The Hall–Kier alpha value is -6.26. The number of aromatic amines is 1. The molecule has 2 amide bonds. The van der Waals surface area contributed by atoms with E-state index in [1.165, 1.54) is 4.90 Å². The highest BCUT2D eigenvalue weighted by molar-refractivity contribution is 5.95. The number of nitrogens with zero attached hydrogens (tertiary/aromatic N) is 7. The molecular formula is C33H27N9O3. The standard InChI is InChI=1S/C33H27N9O3/c1-21-29(32(43)45-20-23-9-17-28(18-10-23)36-39-34)30(26-15-13-25(14-16-26)24-5-3-2-4-6-24)35-33(44)42(21)19-22-7-11-27(12-8-22)31-37-40-41-38-31/h2-18,30H,19-20H2,1H3,(H,35,44)(H,37,38,40,41). The molecule has 2 heterocycles. The summed E-state index contributed by atoms with van der Waals surface area (Å²) in [6, 6.07) is 30.9. The molecule has 0 saturated carbocycles. The van der Waals surface area contributed by atoms with Gasteiger partial charge in [0.25, 0.3) is 0 Å². The molecule has 6 rings (SSSR count). The second-order valence-corrected chi connectivity index (χ2v) is 10.3. The highest BCUT2D eigenvalue weighted by atomic mass is 16.5. The fourth-order valence-corrected chi connectivity index (χ4v) is 5.15. The summed E-state index contributed by atoms with van der Waals surface area (Å²) in [5.41, 5.74) is 15.1. The van der Waals surface area contributed by atoms with Gasteiger partial charge in [-0.25, -0.2) is 9.59 Å². The maximum Gasteiger partial charge on any atom is 0.338 e. The predicted octanol–water partition coefficient (Wildman–Crippen LogP) is 6.76. The maximum atomic E-state index is 13.8. The van der Waals surface area contributed by atoms with Crippen molar-refractivity contribution in [2.45, 2.75) is 26.1 Å². The molecule has 0 fully saturated rings. The number of carbonyl (C=O) groups excluding carboxylic acids is 2. The Balaban J connectivity index is 1.29. The second kappa shape index (κ2) is 12.9. The lowest BCUT2D eigenvalue weighted by atomic mass is 9.93. The van der Waals surface area contributed by atoms with E-state index in [9.17, 15) is 9.59 Å². The lowest BCUT2D eigenvalue weighted by Gasteiger charge is -2.35. The number of benzene rings is 4. The molecule has 4 aromatic carbocycles. The van der Waals surface area contributed by atoms with Crippen molar-refractivity contribution in [3.63, 3.8) is 0 Å². The topological polar surface area (TPSA) is 162 Å². The minimum atomic E-state index is -0.723. The molecular weight excluding hydrogens is 570 g/mol. The molecule has 0 bridgehead atoms. The highest BCUT2D eigenvalue weighted by Gasteiger charge is 2.36. The molecule has 0 radical (unpaired) electrons. The summed E-state index contributed by atoms with van der Waals surface area (Å²) in [4.78, 5) is 31.6. The molecule has 0 spiro atoms. The molecule has 12 nitrogen and oxygen atoms in total. The number of H-pyrrole nitrogens is 1. The molecule has 222 valence electrons. The number of allylic oxidation sites excluding steroid dienone is 1.